The van der Waals surface area contributed by atoms with Crippen molar-refractivity contribution in [2.75, 3.05) is 0 Å². The van der Waals surface area contributed by atoms with Crippen LogP contribution in [0.4, 0.5) is 8.78 Å². The van der Waals surface area contributed by atoms with Gasteiger partial charge in [-0.05, 0) is 29.7 Å². The summed E-state index contributed by atoms with van der Waals surface area (Å²) in [5, 5.41) is 10.7. The van der Waals surface area contributed by atoms with E-state index in [1.165, 1.54) is 12.1 Å². The minimum absolute atomic E-state index is 0.229. The zero-order chi connectivity index (χ0) is 14.6. The molecule has 0 spiro atoms. The maximum Gasteiger partial charge on any atom is 0.126 e. The summed E-state index contributed by atoms with van der Waals surface area (Å²) in [4.78, 5) is 0. The number of aliphatic hydroxyl groups is 1. The second-order valence-electron chi connectivity index (χ2n) is 5.19. The zero-order valence-corrected chi connectivity index (χ0v) is 11.4. The lowest BCUT2D eigenvalue weighted by molar-refractivity contribution is 0.0367. The molecular weight excluding hydrogens is 258 g/mol. The van der Waals surface area contributed by atoms with Crippen LogP contribution in [-0.4, -0.2) is 10.7 Å². The van der Waals surface area contributed by atoms with Crippen LogP contribution in [0.1, 0.15) is 24.5 Å². The van der Waals surface area contributed by atoms with Crippen LogP contribution >= 0.6 is 0 Å². The van der Waals surface area contributed by atoms with E-state index in [4.69, 9.17) is 0 Å². The van der Waals surface area contributed by atoms with Crippen LogP contribution in [0.25, 0.3) is 0 Å². The summed E-state index contributed by atoms with van der Waals surface area (Å²) in [5.41, 5.74) is 0.484. The maximum atomic E-state index is 13.2. The van der Waals surface area contributed by atoms with Gasteiger partial charge < -0.3 is 5.11 Å². The van der Waals surface area contributed by atoms with Gasteiger partial charge in [0, 0.05) is 18.9 Å². The molecule has 0 aliphatic carbocycles. The lowest BCUT2D eigenvalue weighted by Gasteiger charge is -2.27. The summed E-state index contributed by atoms with van der Waals surface area (Å²) in [7, 11) is 0. The molecule has 106 valence electrons. The minimum atomic E-state index is -0.998. The highest BCUT2D eigenvalue weighted by atomic mass is 19.1. The molecule has 0 saturated carbocycles. The molecule has 0 aliphatic rings. The fourth-order valence-corrected chi connectivity index (χ4v) is 2.38. The van der Waals surface area contributed by atoms with Crippen molar-refractivity contribution in [2.24, 2.45) is 0 Å². The van der Waals surface area contributed by atoms with E-state index in [0.29, 0.717) is 18.4 Å². The Balaban J connectivity index is 2.18. The molecular formula is C17H18F2O. The van der Waals surface area contributed by atoms with Crippen LogP contribution in [-0.2, 0) is 12.8 Å². The van der Waals surface area contributed by atoms with E-state index in [-0.39, 0.29) is 6.42 Å². The van der Waals surface area contributed by atoms with Crippen LogP contribution < -0.4 is 0 Å². The highest BCUT2D eigenvalue weighted by Crippen LogP contribution is 2.23. The van der Waals surface area contributed by atoms with Crippen LogP contribution in [0.2, 0.25) is 0 Å². The molecule has 2 aromatic carbocycles. The van der Waals surface area contributed by atoms with Crippen molar-refractivity contribution in [2.45, 2.75) is 31.8 Å². The van der Waals surface area contributed by atoms with Crippen molar-refractivity contribution < 1.29 is 13.9 Å². The first-order valence-electron chi connectivity index (χ1n) is 6.72. The monoisotopic (exact) mass is 276 g/mol. The van der Waals surface area contributed by atoms with Crippen molar-refractivity contribution in [3.8, 4) is 0 Å². The molecule has 0 aromatic heterocycles. The van der Waals surface area contributed by atoms with Gasteiger partial charge in [0.05, 0.1) is 5.60 Å². The molecule has 20 heavy (non-hydrogen) atoms. The Kier molecular flexibility index (Phi) is 4.50. The van der Waals surface area contributed by atoms with Crippen molar-refractivity contribution in [1.29, 1.82) is 0 Å². The SMILES string of the molecule is CCC(O)(Cc1ccccc1)Cc1cc(F)cc(F)c1. The molecule has 0 radical (unpaired) electrons. The second kappa shape index (κ2) is 6.14. The van der Waals surface area contributed by atoms with Gasteiger partial charge in [-0.2, -0.15) is 0 Å². The molecule has 0 amide bonds. The Morgan fingerprint density at radius 2 is 1.45 bits per heavy atom. The Labute approximate surface area is 117 Å². The topological polar surface area (TPSA) is 20.2 Å². The third-order valence-corrected chi connectivity index (χ3v) is 3.49. The Bertz CT molecular complexity index is 548. The van der Waals surface area contributed by atoms with Gasteiger partial charge in [0.25, 0.3) is 0 Å². The molecule has 2 aromatic rings. The van der Waals surface area contributed by atoms with Crippen LogP contribution in [0.5, 0.6) is 0 Å². The smallest absolute Gasteiger partial charge is 0.126 e. The van der Waals surface area contributed by atoms with E-state index in [0.717, 1.165) is 11.6 Å². The fraction of sp³-hybridized carbons (Fsp3) is 0.294. The molecule has 0 heterocycles. The van der Waals surface area contributed by atoms with Gasteiger partial charge in [-0.15, -0.1) is 0 Å². The summed E-state index contributed by atoms with van der Waals surface area (Å²) in [6, 6.07) is 13.0. The summed E-state index contributed by atoms with van der Waals surface area (Å²) in [5.74, 6) is -1.23. The highest BCUT2D eigenvalue weighted by Gasteiger charge is 2.26. The molecule has 1 nitrogen and oxygen atoms in total. The van der Waals surface area contributed by atoms with Gasteiger partial charge in [-0.25, -0.2) is 8.78 Å². The summed E-state index contributed by atoms with van der Waals surface area (Å²) in [6.45, 7) is 1.87. The molecule has 1 unspecified atom stereocenters. The average molecular weight is 276 g/mol. The van der Waals surface area contributed by atoms with Crippen LogP contribution in [0, 0.1) is 11.6 Å². The van der Waals surface area contributed by atoms with E-state index in [1.807, 2.05) is 37.3 Å². The summed E-state index contributed by atoms with van der Waals surface area (Å²) in [6.07, 6.45) is 1.20. The minimum Gasteiger partial charge on any atom is -0.389 e. The highest BCUT2D eigenvalue weighted by molar-refractivity contribution is 5.22. The van der Waals surface area contributed by atoms with E-state index < -0.39 is 17.2 Å². The van der Waals surface area contributed by atoms with Crippen molar-refractivity contribution in [3.05, 3.63) is 71.3 Å². The van der Waals surface area contributed by atoms with Crippen LogP contribution in [0.15, 0.2) is 48.5 Å². The molecule has 1 N–H and O–H groups in total. The lowest BCUT2D eigenvalue weighted by atomic mass is 9.86. The van der Waals surface area contributed by atoms with Crippen molar-refractivity contribution in [1.82, 2.24) is 0 Å². The third-order valence-electron chi connectivity index (χ3n) is 3.49. The first-order valence-corrected chi connectivity index (χ1v) is 6.72. The number of hydrogen-bond acceptors (Lipinski definition) is 1. The number of rotatable bonds is 5. The van der Waals surface area contributed by atoms with Gasteiger partial charge >= 0.3 is 0 Å². The molecule has 3 heteroatoms. The van der Waals surface area contributed by atoms with Crippen molar-refractivity contribution >= 4 is 0 Å². The summed E-state index contributed by atoms with van der Waals surface area (Å²) < 4.78 is 26.4. The first kappa shape index (κ1) is 14.7. The molecule has 1 atom stereocenters. The van der Waals surface area contributed by atoms with Gasteiger partial charge in [0.1, 0.15) is 11.6 Å². The Morgan fingerprint density at radius 3 is 2.00 bits per heavy atom. The van der Waals surface area contributed by atoms with Gasteiger partial charge in [-0.1, -0.05) is 37.3 Å². The van der Waals surface area contributed by atoms with Gasteiger partial charge in [-0.3, -0.25) is 0 Å². The Hall–Kier alpha value is -1.74. The largest absolute Gasteiger partial charge is 0.389 e. The van der Waals surface area contributed by atoms with E-state index in [2.05, 4.69) is 0 Å². The molecule has 0 bridgehead atoms. The van der Waals surface area contributed by atoms with Gasteiger partial charge in [0.15, 0.2) is 0 Å². The van der Waals surface area contributed by atoms with E-state index in [1.54, 1.807) is 0 Å². The van der Waals surface area contributed by atoms with Gasteiger partial charge in [0.2, 0.25) is 0 Å². The maximum absolute atomic E-state index is 13.2. The predicted molar refractivity (Wildman–Crippen MR) is 75.4 cm³/mol. The number of halogens is 2. The first-order chi connectivity index (χ1) is 9.50. The number of hydrogen-bond donors (Lipinski definition) is 1. The molecule has 0 saturated heterocycles. The van der Waals surface area contributed by atoms with Crippen molar-refractivity contribution in [3.63, 3.8) is 0 Å². The lowest BCUT2D eigenvalue weighted by Crippen LogP contribution is -2.33. The van der Waals surface area contributed by atoms with E-state index >= 15 is 0 Å². The normalized spacial score (nSPS) is 14.0. The number of benzene rings is 2. The van der Waals surface area contributed by atoms with E-state index in [9.17, 15) is 13.9 Å². The zero-order valence-electron chi connectivity index (χ0n) is 11.4. The summed E-state index contributed by atoms with van der Waals surface area (Å²) >= 11 is 0. The molecule has 2 rings (SSSR count). The molecule has 0 aliphatic heterocycles. The Morgan fingerprint density at radius 1 is 0.900 bits per heavy atom. The quantitative estimate of drug-likeness (QED) is 0.878. The predicted octanol–water partition coefficient (Wildman–Crippen LogP) is 3.89. The fourth-order valence-electron chi connectivity index (χ4n) is 2.38. The second-order valence-corrected chi connectivity index (χ2v) is 5.19. The average Bonchev–Trinajstić information content (AvgIpc) is 2.38. The third kappa shape index (κ3) is 3.87. The standard InChI is InChI=1S/C17H18F2O/c1-2-17(20,11-13-6-4-3-5-7-13)12-14-8-15(18)10-16(19)9-14/h3-10,20H,2,11-12H2,1H3. The van der Waals surface area contributed by atoms with Crippen LogP contribution in [0.3, 0.4) is 0 Å². The molecule has 0 fully saturated rings.